The summed E-state index contributed by atoms with van der Waals surface area (Å²) in [6.45, 7) is 4.80. The predicted octanol–water partition coefficient (Wildman–Crippen LogP) is 5.47. The van der Waals surface area contributed by atoms with E-state index in [9.17, 15) is 4.79 Å². The molecule has 1 saturated heterocycles. The Kier molecular flexibility index (Phi) is 7.76. The molecule has 0 atom stereocenters. The first-order valence-electron chi connectivity index (χ1n) is 12.1. The Morgan fingerprint density at radius 1 is 1.03 bits per heavy atom. The summed E-state index contributed by atoms with van der Waals surface area (Å²) in [7, 11) is 1.64. The van der Waals surface area contributed by atoms with Crippen LogP contribution in [0.15, 0.2) is 72.8 Å². The minimum Gasteiger partial charge on any atom is -0.497 e. The van der Waals surface area contributed by atoms with Gasteiger partial charge in [0.25, 0.3) is 5.91 Å². The largest absolute Gasteiger partial charge is 0.497 e. The number of morpholine rings is 1. The molecular formula is C28H29N3O4S. The molecule has 1 aromatic heterocycles. The van der Waals surface area contributed by atoms with E-state index in [0.29, 0.717) is 28.7 Å². The molecule has 0 spiro atoms. The van der Waals surface area contributed by atoms with E-state index in [1.807, 2.05) is 72.8 Å². The van der Waals surface area contributed by atoms with Crippen LogP contribution >= 0.6 is 11.3 Å². The van der Waals surface area contributed by atoms with E-state index in [1.54, 1.807) is 12.0 Å². The fraction of sp³-hybridized carbons (Fsp3) is 0.286. The van der Waals surface area contributed by atoms with Gasteiger partial charge in [0.1, 0.15) is 17.2 Å². The number of fused-ring (bicyclic) bond motifs is 1. The van der Waals surface area contributed by atoms with E-state index in [2.05, 4.69) is 4.90 Å². The van der Waals surface area contributed by atoms with Crippen molar-refractivity contribution < 1.29 is 19.0 Å². The van der Waals surface area contributed by atoms with Crippen molar-refractivity contribution in [3.63, 3.8) is 0 Å². The lowest BCUT2D eigenvalue weighted by molar-refractivity contribution is 0.0376. The van der Waals surface area contributed by atoms with Gasteiger partial charge >= 0.3 is 0 Å². The molecule has 0 aliphatic carbocycles. The fourth-order valence-corrected chi connectivity index (χ4v) is 5.16. The molecule has 0 N–H and O–H groups in total. The van der Waals surface area contributed by atoms with Crippen LogP contribution in [0.25, 0.3) is 10.2 Å². The number of hydrogen-bond donors (Lipinski definition) is 0. The molecule has 0 radical (unpaired) electrons. The molecule has 5 rings (SSSR count). The molecule has 1 amide bonds. The number of hydrogen-bond acceptors (Lipinski definition) is 7. The SMILES string of the molecule is COc1ccc2sc(N(CCCN3CCOCC3)C(=O)c3ccccc3Oc3ccccc3)nc2c1. The van der Waals surface area contributed by atoms with E-state index in [0.717, 1.165) is 55.2 Å². The lowest BCUT2D eigenvalue weighted by Gasteiger charge is -2.28. The van der Waals surface area contributed by atoms with Crippen LogP contribution in [0.5, 0.6) is 17.2 Å². The number of nitrogens with zero attached hydrogens (tertiary/aromatic N) is 3. The third kappa shape index (κ3) is 5.67. The normalized spacial score (nSPS) is 14.0. The maximum absolute atomic E-state index is 14.0. The highest BCUT2D eigenvalue weighted by Crippen LogP contribution is 2.34. The maximum atomic E-state index is 14.0. The number of carbonyl (C=O) groups is 1. The highest BCUT2D eigenvalue weighted by Gasteiger charge is 2.25. The average molecular weight is 504 g/mol. The molecule has 2 heterocycles. The Balaban J connectivity index is 1.43. The first-order valence-corrected chi connectivity index (χ1v) is 12.9. The zero-order valence-corrected chi connectivity index (χ0v) is 21.1. The molecule has 186 valence electrons. The molecule has 3 aromatic carbocycles. The van der Waals surface area contributed by atoms with E-state index in [4.69, 9.17) is 19.2 Å². The number of benzene rings is 3. The maximum Gasteiger partial charge on any atom is 0.263 e. The van der Waals surface area contributed by atoms with Crippen LogP contribution in [0.2, 0.25) is 0 Å². The van der Waals surface area contributed by atoms with Crippen LogP contribution in [0.4, 0.5) is 5.13 Å². The summed E-state index contributed by atoms with van der Waals surface area (Å²) in [6.07, 6.45) is 0.826. The van der Waals surface area contributed by atoms with Gasteiger partial charge in [0.05, 0.1) is 36.1 Å². The minimum absolute atomic E-state index is 0.130. The van der Waals surface area contributed by atoms with Gasteiger partial charge in [-0.05, 0) is 42.8 Å². The second-order valence-corrected chi connectivity index (χ2v) is 9.51. The van der Waals surface area contributed by atoms with E-state index in [-0.39, 0.29) is 5.91 Å². The van der Waals surface area contributed by atoms with Crippen molar-refractivity contribution in [1.29, 1.82) is 0 Å². The number of methoxy groups -OCH3 is 1. The van der Waals surface area contributed by atoms with Crippen LogP contribution in [0.1, 0.15) is 16.8 Å². The van der Waals surface area contributed by atoms with Gasteiger partial charge in [-0.1, -0.05) is 41.7 Å². The van der Waals surface area contributed by atoms with Crippen molar-refractivity contribution in [1.82, 2.24) is 9.88 Å². The summed E-state index contributed by atoms with van der Waals surface area (Å²) in [5.41, 5.74) is 1.32. The molecule has 1 aliphatic rings. The average Bonchev–Trinajstić information content (AvgIpc) is 3.35. The van der Waals surface area contributed by atoms with Gasteiger partial charge in [-0.2, -0.15) is 0 Å². The molecule has 8 heteroatoms. The number of para-hydroxylation sites is 2. The number of carbonyl (C=O) groups excluding carboxylic acids is 1. The van der Waals surface area contributed by atoms with Crippen LogP contribution < -0.4 is 14.4 Å². The van der Waals surface area contributed by atoms with Gasteiger partial charge < -0.3 is 14.2 Å². The fourth-order valence-electron chi connectivity index (χ4n) is 4.19. The number of ether oxygens (including phenoxy) is 3. The number of anilines is 1. The summed E-state index contributed by atoms with van der Waals surface area (Å²) in [6, 6.07) is 22.7. The zero-order chi connectivity index (χ0) is 24.7. The summed E-state index contributed by atoms with van der Waals surface area (Å²) in [5.74, 6) is 1.82. The molecule has 0 unspecified atom stereocenters. The third-order valence-electron chi connectivity index (χ3n) is 6.11. The van der Waals surface area contributed by atoms with E-state index in [1.165, 1.54) is 11.3 Å². The van der Waals surface area contributed by atoms with Crippen molar-refractivity contribution >= 4 is 32.6 Å². The Labute approximate surface area is 214 Å². The summed E-state index contributed by atoms with van der Waals surface area (Å²) in [5, 5.41) is 0.666. The topological polar surface area (TPSA) is 64.1 Å². The lowest BCUT2D eigenvalue weighted by Crippen LogP contribution is -2.39. The molecule has 7 nitrogen and oxygen atoms in total. The van der Waals surface area contributed by atoms with Gasteiger partial charge in [-0.15, -0.1) is 0 Å². The summed E-state index contributed by atoms with van der Waals surface area (Å²) < 4.78 is 17.9. The Bertz CT molecular complexity index is 1300. The first kappa shape index (κ1) is 24.2. The monoisotopic (exact) mass is 503 g/mol. The molecular weight excluding hydrogens is 474 g/mol. The van der Waals surface area contributed by atoms with Crippen LogP contribution in [-0.4, -0.2) is 62.3 Å². The van der Waals surface area contributed by atoms with Gasteiger partial charge in [0, 0.05) is 32.2 Å². The van der Waals surface area contributed by atoms with Crippen molar-refractivity contribution in [3.8, 4) is 17.2 Å². The van der Waals surface area contributed by atoms with Crippen molar-refractivity contribution in [2.45, 2.75) is 6.42 Å². The van der Waals surface area contributed by atoms with Gasteiger partial charge in [-0.3, -0.25) is 14.6 Å². The number of aromatic nitrogens is 1. The van der Waals surface area contributed by atoms with E-state index < -0.39 is 0 Å². The minimum atomic E-state index is -0.130. The Morgan fingerprint density at radius 3 is 2.61 bits per heavy atom. The summed E-state index contributed by atoms with van der Waals surface area (Å²) in [4.78, 5) is 23.0. The van der Waals surface area contributed by atoms with Crippen molar-refractivity contribution in [3.05, 3.63) is 78.4 Å². The first-order chi connectivity index (χ1) is 17.7. The number of rotatable bonds is 9. The molecule has 1 fully saturated rings. The van der Waals surface area contributed by atoms with Crippen LogP contribution in [0, 0.1) is 0 Å². The zero-order valence-electron chi connectivity index (χ0n) is 20.3. The van der Waals surface area contributed by atoms with Gasteiger partial charge in [0.2, 0.25) is 0 Å². The molecule has 4 aromatic rings. The molecule has 36 heavy (non-hydrogen) atoms. The van der Waals surface area contributed by atoms with Gasteiger partial charge in [-0.25, -0.2) is 4.98 Å². The van der Waals surface area contributed by atoms with Gasteiger partial charge in [0.15, 0.2) is 5.13 Å². The molecule has 0 saturated carbocycles. The van der Waals surface area contributed by atoms with Crippen molar-refractivity contribution in [2.24, 2.45) is 0 Å². The van der Waals surface area contributed by atoms with Crippen LogP contribution in [0.3, 0.4) is 0 Å². The third-order valence-corrected chi connectivity index (χ3v) is 7.17. The van der Waals surface area contributed by atoms with Crippen molar-refractivity contribution in [2.75, 3.05) is 51.4 Å². The molecule has 1 aliphatic heterocycles. The Morgan fingerprint density at radius 2 is 1.81 bits per heavy atom. The smallest absolute Gasteiger partial charge is 0.263 e. The van der Waals surface area contributed by atoms with Crippen LogP contribution in [-0.2, 0) is 4.74 Å². The number of thiazole rings is 1. The number of amides is 1. The highest BCUT2D eigenvalue weighted by atomic mass is 32.1. The Hall–Kier alpha value is -3.46. The second-order valence-electron chi connectivity index (χ2n) is 8.51. The standard InChI is InChI=1S/C28H29N3O4S/c1-33-22-12-13-26-24(20-22)29-28(36-26)31(15-7-14-30-16-18-34-19-17-30)27(32)23-10-5-6-11-25(23)35-21-8-3-2-4-9-21/h2-6,8-13,20H,7,14-19H2,1H3. The highest BCUT2D eigenvalue weighted by molar-refractivity contribution is 7.22. The lowest BCUT2D eigenvalue weighted by atomic mass is 10.1. The molecule has 0 bridgehead atoms. The quantitative estimate of drug-likeness (QED) is 0.302. The van der Waals surface area contributed by atoms with E-state index >= 15 is 0 Å². The summed E-state index contributed by atoms with van der Waals surface area (Å²) >= 11 is 1.51. The predicted molar refractivity (Wildman–Crippen MR) is 143 cm³/mol. The second kappa shape index (κ2) is 11.5.